The molecule has 130 valence electrons. The Kier molecular flexibility index (Phi) is 4.01. The van der Waals surface area contributed by atoms with Crippen molar-refractivity contribution in [2.75, 3.05) is 0 Å². The first-order chi connectivity index (χ1) is 12.6. The first-order valence-electron chi connectivity index (χ1n) is 8.33. The van der Waals surface area contributed by atoms with E-state index in [-0.39, 0.29) is 6.61 Å². The van der Waals surface area contributed by atoms with Crippen LogP contribution in [0.25, 0.3) is 16.6 Å². The normalized spacial score (nSPS) is 11.0. The molecule has 0 bridgehead atoms. The van der Waals surface area contributed by atoms with Gasteiger partial charge in [-0.15, -0.1) is 5.10 Å². The van der Waals surface area contributed by atoms with E-state index in [1.54, 1.807) is 16.9 Å². The third kappa shape index (κ3) is 3.21. The van der Waals surface area contributed by atoms with Crippen LogP contribution < -0.4 is 0 Å². The number of hydrogen-bond donors (Lipinski definition) is 1. The molecule has 26 heavy (non-hydrogen) atoms. The number of aryl methyl sites for hydroxylation is 2. The van der Waals surface area contributed by atoms with E-state index in [2.05, 4.69) is 21.4 Å². The summed E-state index contributed by atoms with van der Waals surface area (Å²) in [6.07, 6.45) is 1.77. The summed E-state index contributed by atoms with van der Waals surface area (Å²) >= 11 is 0. The number of aromatic nitrogens is 4. The van der Waals surface area contributed by atoms with E-state index < -0.39 is 5.97 Å². The van der Waals surface area contributed by atoms with Gasteiger partial charge in [-0.1, -0.05) is 29.5 Å². The number of benzene rings is 2. The van der Waals surface area contributed by atoms with Gasteiger partial charge >= 0.3 is 5.97 Å². The molecule has 0 fully saturated rings. The fourth-order valence-electron chi connectivity index (χ4n) is 2.97. The number of nitrogens with one attached hydrogen (secondary N) is 1. The molecule has 0 amide bonds. The number of para-hydroxylation sites is 1. The molecular formula is C20H18N4O2. The van der Waals surface area contributed by atoms with Crippen molar-refractivity contribution in [3.05, 3.63) is 77.2 Å². The van der Waals surface area contributed by atoms with E-state index in [1.807, 2.05) is 50.2 Å². The zero-order valence-corrected chi connectivity index (χ0v) is 14.6. The summed E-state index contributed by atoms with van der Waals surface area (Å²) in [4.78, 5) is 15.3. The van der Waals surface area contributed by atoms with Gasteiger partial charge in [0.05, 0.1) is 11.9 Å². The molecule has 0 aliphatic rings. The second-order valence-electron chi connectivity index (χ2n) is 6.35. The minimum absolute atomic E-state index is 0.0684. The number of esters is 1. The molecule has 4 rings (SSSR count). The smallest absolute Gasteiger partial charge is 0.355 e. The van der Waals surface area contributed by atoms with Crippen LogP contribution in [0.4, 0.5) is 0 Å². The van der Waals surface area contributed by atoms with Crippen LogP contribution in [-0.2, 0) is 11.3 Å². The van der Waals surface area contributed by atoms with Crippen LogP contribution in [0.1, 0.15) is 27.3 Å². The fraction of sp³-hybridized carbons (Fsp3) is 0.150. The van der Waals surface area contributed by atoms with Crippen LogP contribution in [0.3, 0.4) is 0 Å². The molecule has 2 heterocycles. The van der Waals surface area contributed by atoms with Crippen LogP contribution in [0.5, 0.6) is 0 Å². The molecule has 6 heteroatoms. The maximum Gasteiger partial charge on any atom is 0.355 e. The zero-order valence-electron chi connectivity index (χ0n) is 14.6. The van der Waals surface area contributed by atoms with Gasteiger partial charge in [0.25, 0.3) is 0 Å². The van der Waals surface area contributed by atoms with Gasteiger partial charge in [-0.2, -0.15) is 0 Å². The Morgan fingerprint density at radius 1 is 1.12 bits per heavy atom. The average molecular weight is 346 g/mol. The van der Waals surface area contributed by atoms with Crippen molar-refractivity contribution in [1.82, 2.24) is 20.0 Å². The molecule has 0 atom stereocenters. The third-order valence-electron chi connectivity index (χ3n) is 4.11. The Morgan fingerprint density at radius 3 is 2.65 bits per heavy atom. The average Bonchev–Trinajstić information content (AvgIpc) is 3.25. The summed E-state index contributed by atoms with van der Waals surface area (Å²) in [6.45, 7) is 4.14. The van der Waals surface area contributed by atoms with E-state index in [1.165, 1.54) is 0 Å². The lowest BCUT2D eigenvalue weighted by Gasteiger charge is -2.03. The number of rotatable bonds is 4. The van der Waals surface area contributed by atoms with Crippen molar-refractivity contribution in [1.29, 1.82) is 0 Å². The van der Waals surface area contributed by atoms with Crippen molar-refractivity contribution < 1.29 is 9.53 Å². The van der Waals surface area contributed by atoms with Gasteiger partial charge in [0.15, 0.2) is 0 Å². The molecule has 0 radical (unpaired) electrons. The molecule has 0 unspecified atom stereocenters. The predicted molar refractivity (Wildman–Crippen MR) is 98.3 cm³/mol. The number of ether oxygens (including phenoxy) is 1. The highest BCUT2D eigenvalue weighted by atomic mass is 16.5. The topological polar surface area (TPSA) is 72.8 Å². The molecule has 0 spiro atoms. The Labute approximate surface area is 150 Å². The van der Waals surface area contributed by atoms with Crippen LogP contribution >= 0.6 is 0 Å². The SMILES string of the molecule is Cc1cc(C)cc(-n2cc(COC(=O)c3cc4ccccc4[nH]3)nn2)c1. The Balaban J connectivity index is 1.46. The molecule has 0 saturated heterocycles. The monoisotopic (exact) mass is 346 g/mol. The van der Waals surface area contributed by atoms with Crippen molar-refractivity contribution in [2.24, 2.45) is 0 Å². The molecule has 0 aliphatic heterocycles. The minimum Gasteiger partial charge on any atom is -0.454 e. The number of aromatic amines is 1. The van der Waals surface area contributed by atoms with Crippen molar-refractivity contribution in [2.45, 2.75) is 20.5 Å². The van der Waals surface area contributed by atoms with E-state index in [0.717, 1.165) is 27.7 Å². The van der Waals surface area contributed by atoms with Gasteiger partial charge in [0.1, 0.15) is 18.0 Å². The molecule has 2 aromatic heterocycles. The lowest BCUT2D eigenvalue weighted by atomic mass is 10.1. The predicted octanol–water partition coefficient (Wildman–Crippen LogP) is 3.72. The van der Waals surface area contributed by atoms with Crippen LogP contribution in [0.2, 0.25) is 0 Å². The maximum atomic E-state index is 12.2. The van der Waals surface area contributed by atoms with Gasteiger partial charge in [0, 0.05) is 10.9 Å². The second kappa shape index (κ2) is 6.48. The summed E-state index contributed by atoms with van der Waals surface area (Å²) in [5, 5.41) is 9.18. The number of carbonyl (C=O) groups excluding carboxylic acids is 1. The first kappa shape index (κ1) is 16.1. The van der Waals surface area contributed by atoms with Gasteiger partial charge in [-0.05, 0) is 49.2 Å². The van der Waals surface area contributed by atoms with E-state index in [9.17, 15) is 4.79 Å². The van der Waals surface area contributed by atoms with Crippen LogP contribution in [0, 0.1) is 13.8 Å². The van der Waals surface area contributed by atoms with Gasteiger partial charge < -0.3 is 9.72 Å². The summed E-state index contributed by atoms with van der Waals surface area (Å²) in [6, 6.07) is 15.6. The molecule has 6 nitrogen and oxygen atoms in total. The number of fused-ring (bicyclic) bond motifs is 1. The summed E-state index contributed by atoms with van der Waals surface area (Å²) < 4.78 is 7.04. The molecule has 0 aliphatic carbocycles. The van der Waals surface area contributed by atoms with E-state index in [0.29, 0.717) is 11.4 Å². The van der Waals surface area contributed by atoms with E-state index >= 15 is 0 Å². The second-order valence-corrected chi connectivity index (χ2v) is 6.35. The minimum atomic E-state index is -0.415. The Morgan fingerprint density at radius 2 is 1.88 bits per heavy atom. The number of carbonyl (C=O) groups is 1. The van der Waals surface area contributed by atoms with Gasteiger partial charge in [-0.3, -0.25) is 0 Å². The van der Waals surface area contributed by atoms with Crippen molar-refractivity contribution >= 4 is 16.9 Å². The highest BCUT2D eigenvalue weighted by Crippen LogP contribution is 2.16. The lowest BCUT2D eigenvalue weighted by Crippen LogP contribution is -2.05. The Bertz CT molecular complexity index is 1040. The zero-order chi connectivity index (χ0) is 18.1. The lowest BCUT2D eigenvalue weighted by molar-refractivity contribution is 0.0462. The standard InChI is InChI=1S/C20H18N4O2/c1-13-7-14(2)9-17(8-13)24-11-16(22-23-24)12-26-20(25)19-10-15-5-3-4-6-18(15)21-19/h3-11,21H,12H2,1-2H3. The van der Waals surface area contributed by atoms with Crippen LogP contribution in [-0.4, -0.2) is 25.9 Å². The number of H-pyrrole nitrogens is 1. The molecule has 4 aromatic rings. The molecular weight excluding hydrogens is 328 g/mol. The maximum absolute atomic E-state index is 12.2. The number of nitrogens with zero attached hydrogens (tertiary/aromatic N) is 3. The third-order valence-corrected chi connectivity index (χ3v) is 4.11. The molecule has 2 aromatic carbocycles. The Hall–Kier alpha value is -3.41. The molecule has 1 N–H and O–H groups in total. The van der Waals surface area contributed by atoms with E-state index in [4.69, 9.17) is 4.74 Å². The van der Waals surface area contributed by atoms with Gasteiger partial charge in [-0.25, -0.2) is 9.48 Å². The first-order valence-corrected chi connectivity index (χ1v) is 8.33. The quantitative estimate of drug-likeness (QED) is 0.572. The van der Waals surface area contributed by atoms with Crippen molar-refractivity contribution in [3.63, 3.8) is 0 Å². The molecule has 0 saturated carbocycles. The largest absolute Gasteiger partial charge is 0.454 e. The number of hydrogen-bond acceptors (Lipinski definition) is 4. The summed E-state index contributed by atoms with van der Waals surface area (Å²) in [5.74, 6) is -0.415. The summed E-state index contributed by atoms with van der Waals surface area (Å²) in [5.41, 5.74) is 5.16. The van der Waals surface area contributed by atoms with Gasteiger partial charge in [0.2, 0.25) is 0 Å². The highest BCUT2D eigenvalue weighted by Gasteiger charge is 2.12. The highest BCUT2D eigenvalue weighted by molar-refractivity contribution is 5.94. The summed E-state index contributed by atoms with van der Waals surface area (Å²) in [7, 11) is 0. The van der Waals surface area contributed by atoms with Crippen molar-refractivity contribution in [3.8, 4) is 5.69 Å². The van der Waals surface area contributed by atoms with Crippen LogP contribution in [0.15, 0.2) is 54.7 Å². The fourth-order valence-corrected chi connectivity index (χ4v) is 2.97.